The first-order chi connectivity index (χ1) is 11.0. The largest absolute Gasteiger partial charge is 0.351 e. The number of halogens is 1. The van der Waals surface area contributed by atoms with Gasteiger partial charge in [-0.3, -0.25) is 9.59 Å². The van der Waals surface area contributed by atoms with Crippen molar-refractivity contribution in [3.63, 3.8) is 0 Å². The van der Waals surface area contributed by atoms with Crippen molar-refractivity contribution in [2.45, 2.75) is 18.5 Å². The van der Waals surface area contributed by atoms with Crippen LogP contribution >= 0.6 is 23.4 Å². The summed E-state index contributed by atoms with van der Waals surface area (Å²) in [6.07, 6.45) is 0. The van der Waals surface area contributed by atoms with Crippen LogP contribution in [-0.4, -0.2) is 27.8 Å². The number of benzene rings is 1. The third-order valence-corrected chi connectivity index (χ3v) is 4.02. The van der Waals surface area contributed by atoms with Crippen LogP contribution in [0.4, 0.5) is 5.82 Å². The van der Waals surface area contributed by atoms with Gasteiger partial charge >= 0.3 is 0 Å². The number of carbonyl (C=O) groups is 2. The van der Waals surface area contributed by atoms with Crippen LogP contribution in [0.2, 0.25) is 5.02 Å². The molecule has 1 heterocycles. The van der Waals surface area contributed by atoms with Crippen LogP contribution in [0.1, 0.15) is 12.5 Å². The lowest BCUT2D eigenvalue weighted by Crippen LogP contribution is -2.24. The molecule has 120 valence electrons. The lowest BCUT2D eigenvalue weighted by molar-refractivity contribution is -0.118. The summed E-state index contributed by atoms with van der Waals surface area (Å²) in [6, 6.07) is 10.7. The zero-order valence-electron chi connectivity index (χ0n) is 12.4. The van der Waals surface area contributed by atoms with Crippen molar-refractivity contribution in [1.29, 1.82) is 0 Å². The van der Waals surface area contributed by atoms with Gasteiger partial charge in [-0.05, 0) is 23.8 Å². The molecule has 0 aliphatic rings. The minimum Gasteiger partial charge on any atom is -0.351 e. The highest BCUT2D eigenvalue weighted by molar-refractivity contribution is 7.99. The fourth-order valence-corrected chi connectivity index (χ4v) is 2.52. The summed E-state index contributed by atoms with van der Waals surface area (Å²) in [5, 5.41) is 14.3. The summed E-state index contributed by atoms with van der Waals surface area (Å²) in [5.41, 5.74) is 0.868. The van der Waals surface area contributed by atoms with E-state index in [2.05, 4.69) is 20.8 Å². The van der Waals surface area contributed by atoms with E-state index in [1.807, 2.05) is 18.2 Å². The molecule has 8 heteroatoms. The summed E-state index contributed by atoms with van der Waals surface area (Å²) < 4.78 is 0. The topological polar surface area (TPSA) is 84.0 Å². The van der Waals surface area contributed by atoms with E-state index >= 15 is 0 Å². The highest BCUT2D eigenvalue weighted by Crippen LogP contribution is 2.16. The maximum Gasteiger partial charge on any atom is 0.230 e. The van der Waals surface area contributed by atoms with E-state index < -0.39 is 0 Å². The number of thioether (sulfide) groups is 1. The molecule has 6 nitrogen and oxygen atoms in total. The zero-order valence-corrected chi connectivity index (χ0v) is 13.9. The number of hydrogen-bond acceptors (Lipinski definition) is 5. The van der Waals surface area contributed by atoms with Gasteiger partial charge in [0.15, 0.2) is 5.82 Å². The van der Waals surface area contributed by atoms with Crippen molar-refractivity contribution in [2.24, 2.45) is 0 Å². The van der Waals surface area contributed by atoms with E-state index in [0.29, 0.717) is 22.4 Å². The van der Waals surface area contributed by atoms with Gasteiger partial charge in [-0.25, -0.2) is 0 Å². The number of nitrogens with one attached hydrogen (secondary N) is 2. The molecule has 0 bridgehead atoms. The molecule has 0 fully saturated rings. The standard InChI is InChI=1S/C15H15ClN4O2S/c1-10(21)18-13-6-7-15(20-19-13)23-9-14(22)17-8-11-4-2-3-5-12(11)16/h2-7H,8-9H2,1H3,(H,17,22)(H,18,19,21). The van der Waals surface area contributed by atoms with E-state index in [1.54, 1.807) is 18.2 Å². The molecule has 0 radical (unpaired) electrons. The second-order valence-corrected chi connectivity index (χ2v) is 6.00. The molecule has 0 saturated heterocycles. The number of hydrogen-bond donors (Lipinski definition) is 2. The van der Waals surface area contributed by atoms with Crippen molar-refractivity contribution < 1.29 is 9.59 Å². The quantitative estimate of drug-likeness (QED) is 0.782. The number of rotatable bonds is 6. The number of nitrogens with zero attached hydrogens (tertiary/aromatic N) is 2. The predicted molar refractivity (Wildman–Crippen MR) is 90.4 cm³/mol. The van der Waals surface area contributed by atoms with E-state index in [0.717, 1.165) is 5.56 Å². The number of carbonyl (C=O) groups excluding carboxylic acids is 2. The van der Waals surface area contributed by atoms with Gasteiger partial charge < -0.3 is 10.6 Å². The van der Waals surface area contributed by atoms with Gasteiger partial charge in [0.2, 0.25) is 11.8 Å². The Kier molecular flexibility index (Phi) is 6.37. The molecule has 0 saturated carbocycles. The van der Waals surface area contributed by atoms with E-state index in [1.165, 1.54) is 18.7 Å². The zero-order chi connectivity index (χ0) is 16.7. The van der Waals surface area contributed by atoms with Crippen LogP contribution in [0.3, 0.4) is 0 Å². The van der Waals surface area contributed by atoms with Gasteiger partial charge in [0, 0.05) is 18.5 Å². The first-order valence-electron chi connectivity index (χ1n) is 6.79. The number of amides is 2. The van der Waals surface area contributed by atoms with E-state index in [4.69, 9.17) is 11.6 Å². The van der Waals surface area contributed by atoms with Crippen LogP contribution in [0.5, 0.6) is 0 Å². The van der Waals surface area contributed by atoms with Gasteiger partial charge in [0.1, 0.15) is 5.03 Å². The average Bonchev–Trinajstić information content (AvgIpc) is 2.53. The highest BCUT2D eigenvalue weighted by atomic mass is 35.5. The van der Waals surface area contributed by atoms with Crippen molar-refractivity contribution in [1.82, 2.24) is 15.5 Å². The number of aromatic nitrogens is 2. The Morgan fingerprint density at radius 1 is 1.17 bits per heavy atom. The van der Waals surface area contributed by atoms with Crippen LogP contribution in [0.25, 0.3) is 0 Å². The van der Waals surface area contributed by atoms with Crippen LogP contribution in [-0.2, 0) is 16.1 Å². The maximum atomic E-state index is 11.8. The molecule has 0 atom stereocenters. The first-order valence-corrected chi connectivity index (χ1v) is 8.15. The molecule has 1 aromatic carbocycles. The Balaban J connectivity index is 1.78. The lowest BCUT2D eigenvalue weighted by Gasteiger charge is -2.06. The molecule has 2 amide bonds. The van der Waals surface area contributed by atoms with Crippen LogP contribution in [0.15, 0.2) is 41.4 Å². The molecule has 0 aliphatic carbocycles. The molecule has 2 rings (SSSR count). The summed E-state index contributed by atoms with van der Waals surface area (Å²) in [5.74, 6) is 0.268. The second kappa shape index (κ2) is 8.50. The van der Waals surface area contributed by atoms with Gasteiger partial charge in [-0.15, -0.1) is 10.2 Å². The third kappa shape index (κ3) is 5.88. The second-order valence-electron chi connectivity index (χ2n) is 4.59. The molecule has 23 heavy (non-hydrogen) atoms. The normalized spacial score (nSPS) is 10.2. The fourth-order valence-electron chi connectivity index (χ4n) is 1.67. The molecule has 2 aromatic rings. The average molecular weight is 351 g/mol. The fraction of sp³-hybridized carbons (Fsp3) is 0.200. The molecular formula is C15H15ClN4O2S. The minimum atomic E-state index is -0.210. The summed E-state index contributed by atoms with van der Waals surface area (Å²) in [4.78, 5) is 22.7. The van der Waals surface area contributed by atoms with Gasteiger partial charge in [0.05, 0.1) is 5.75 Å². The molecular weight excluding hydrogens is 336 g/mol. The Labute approximate surface area is 143 Å². The minimum absolute atomic E-state index is 0.123. The van der Waals surface area contributed by atoms with Gasteiger partial charge in [0.25, 0.3) is 0 Å². The molecule has 0 spiro atoms. The van der Waals surface area contributed by atoms with Gasteiger partial charge in [-0.1, -0.05) is 41.6 Å². The monoisotopic (exact) mass is 350 g/mol. The summed E-state index contributed by atoms with van der Waals surface area (Å²) in [6.45, 7) is 1.78. The van der Waals surface area contributed by atoms with Crippen molar-refractivity contribution in [2.75, 3.05) is 11.1 Å². The molecule has 0 unspecified atom stereocenters. The number of anilines is 1. The van der Waals surface area contributed by atoms with Gasteiger partial charge in [-0.2, -0.15) is 0 Å². The third-order valence-electron chi connectivity index (χ3n) is 2.73. The Bertz CT molecular complexity index is 694. The van der Waals surface area contributed by atoms with E-state index in [-0.39, 0.29) is 17.6 Å². The lowest BCUT2D eigenvalue weighted by atomic mass is 10.2. The SMILES string of the molecule is CC(=O)Nc1ccc(SCC(=O)NCc2ccccc2Cl)nn1. The molecule has 1 aromatic heterocycles. The van der Waals surface area contributed by atoms with Crippen molar-refractivity contribution >= 4 is 41.0 Å². The summed E-state index contributed by atoms with van der Waals surface area (Å²) >= 11 is 7.29. The van der Waals surface area contributed by atoms with Crippen molar-refractivity contribution in [3.8, 4) is 0 Å². The Hall–Kier alpha value is -2.12. The van der Waals surface area contributed by atoms with E-state index in [9.17, 15) is 9.59 Å². The Morgan fingerprint density at radius 2 is 1.96 bits per heavy atom. The Morgan fingerprint density at radius 3 is 2.61 bits per heavy atom. The molecule has 2 N–H and O–H groups in total. The maximum absolute atomic E-state index is 11.8. The first kappa shape index (κ1) is 17.2. The van der Waals surface area contributed by atoms with Crippen molar-refractivity contribution in [3.05, 3.63) is 47.0 Å². The van der Waals surface area contributed by atoms with Crippen LogP contribution < -0.4 is 10.6 Å². The highest BCUT2D eigenvalue weighted by Gasteiger charge is 2.06. The smallest absolute Gasteiger partial charge is 0.230 e. The molecule has 0 aliphatic heterocycles. The summed E-state index contributed by atoms with van der Waals surface area (Å²) in [7, 11) is 0. The van der Waals surface area contributed by atoms with Crippen LogP contribution in [0, 0.1) is 0 Å². The predicted octanol–water partition coefficient (Wildman–Crippen LogP) is 2.50.